The van der Waals surface area contributed by atoms with Crippen molar-refractivity contribution >= 4 is 51.5 Å². The van der Waals surface area contributed by atoms with Crippen LogP contribution in [0.2, 0.25) is 10.0 Å². The number of carbonyl (C=O) groups excluding carboxylic acids is 1. The Morgan fingerprint density at radius 3 is 2.73 bits per heavy atom. The number of carbonyl (C=O) groups is 1. The van der Waals surface area contributed by atoms with Crippen LogP contribution in [0.1, 0.15) is 10.5 Å². The van der Waals surface area contributed by atoms with E-state index >= 15 is 0 Å². The molecule has 0 spiro atoms. The van der Waals surface area contributed by atoms with Gasteiger partial charge in [-0.15, -0.1) is 0 Å². The monoisotopic (exact) mass is 390 g/mol. The normalized spacial score (nSPS) is 14.6. The number of halogens is 2. The Bertz CT molecular complexity index is 950. The minimum Gasteiger partial charge on any atom is -0.378 e. The molecule has 0 aliphatic carbocycles. The zero-order chi connectivity index (χ0) is 18.1. The van der Waals surface area contributed by atoms with Crippen LogP contribution in [0.25, 0.3) is 10.9 Å². The Hall–Kier alpha value is -2.28. The van der Waals surface area contributed by atoms with Gasteiger partial charge >= 0.3 is 0 Å². The molecule has 1 aromatic carbocycles. The Morgan fingerprint density at radius 2 is 2.00 bits per heavy atom. The average Bonchev–Trinajstić information content (AvgIpc) is 2.99. The number of nitrogens with zero attached hydrogens (tertiary/aromatic N) is 2. The molecule has 0 radical (unpaired) electrons. The highest BCUT2D eigenvalue weighted by molar-refractivity contribution is 6.40. The number of hydrogen-bond acceptors (Lipinski definition) is 4. The van der Waals surface area contributed by atoms with E-state index in [2.05, 4.69) is 20.2 Å². The molecule has 6 nitrogen and oxygen atoms in total. The number of aromatic nitrogens is 2. The molecule has 4 rings (SSSR count). The molecule has 0 saturated carbocycles. The van der Waals surface area contributed by atoms with Crippen molar-refractivity contribution in [2.45, 2.75) is 0 Å². The fraction of sp³-hybridized carbons (Fsp3) is 0.222. The summed E-state index contributed by atoms with van der Waals surface area (Å²) in [7, 11) is 0. The number of morpholine rings is 1. The van der Waals surface area contributed by atoms with Crippen LogP contribution < -0.4 is 10.2 Å². The van der Waals surface area contributed by atoms with E-state index in [-0.39, 0.29) is 11.6 Å². The third-order valence-corrected chi connectivity index (χ3v) is 4.92. The van der Waals surface area contributed by atoms with Gasteiger partial charge in [-0.2, -0.15) is 0 Å². The number of nitrogens with one attached hydrogen (secondary N) is 2. The van der Waals surface area contributed by atoms with E-state index < -0.39 is 0 Å². The molecule has 8 heteroatoms. The fourth-order valence-electron chi connectivity index (χ4n) is 2.94. The number of anilines is 2. The van der Waals surface area contributed by atoms with Gasteiger partial charge in [0.1, 0.15) is 11.5 Å². The number of fused-ring (bicyclic) bond motifs is 1. The predicted molar refractivity (Wildman–Crippen MR) is 104 cm³/mol. The third-order valence-electron chi connectivity index (χ3n) is 4.29. The molecule has 1 aliphatic rings. The SMILES string of the molecule is O=C(Nc1ccc(N2CCOCC2)cn1)c1[nH]c2ccc(Cl)cc2c1Cl. The van der Waals surface area contributed by atoms with E-state index in [4.69, 9.17) is 27.9 Å². The first-order chi connectivity index (χ1) is 12.6. The van der Waals surface area contributed by atoms with E-state index in [9.17, 15) is 4.79 Å². The largest absolute Gasteiger partial charge is 0.378 e. The van der Waals surface area contributed by atoms with Gasteiger partial charge in [0.15, 0.2) is 0 Å². The molecule has 1 aliphatic heterocycles. The number of pyridine rings is 1. The summed E-state index contributed by atoms with van der Waals surface area (Å²) in [4.78, 5) is 22.1. The fourth-order valence-corrected chi connectivity index (χ4v) is 3.40. The molecule has 1 saturated heterocycles. The molecular formula is C18H16Cl2N4O2. The molecule has 3 heterocycles. The Balaban J connectivity index is 1.52. The summed E-state index contributed by atoms with van der Waals surface area (Å²) in [5, 5.41) is 4.37. The van der Waals surface area contributed by atoms with Crippen molar-refractivity contribution < 1.29 is 9.53 Å². The van der Waals surface area contributed by atoms with Crippen molar-refractivity contribution in [2.75, 3.05) is 36.5 Å². The molecule has 26 heavy (non-hydrogen) atoms. The second kappa shape index (κ2) is 7.15. The summed E-state index contributed by atoms with van der Waals surface area (Å²) in [5.74, 6) is 0.105. The van der Waals surface area contributed by atoms with Gasteiger partial charge < -0.3 is 19.9 Å². The minimum absolute atomic E-state index is 0.281. The molecule has 3 aromatic rings. The first-order valence-electron chi connectivity index (χ1n) is 8.18. The van der Waals surface area contributed by atoms with Crippen LogP contribution in [0.5, 0.6) is 0 Å². The van der Waals surface area contributed by atoms with Gasteiger partial charge in [0.05, 0.1) is 30.1 Å². The molecular weight excluding hydrogens is 375 g/mol. The zero-order valence-electron chi connectivity index (χ0n) is 13.8. The highest BCUT2D eigenvalue weighted by Crippen LogP contribution is 2.30. The van der Waals surface area contributed by atoms with E-state index in [1.165, 1.54) is 0 Å². The standard InChI is InChI=1S/C18H16Cl2N4O2/c19-11-1-3-14-13(9-11)16(20)17(22-14)18(25)23-15-4-2-12(10-21-15)24-5-7-26-8-6-24/h1-4,9-10,22H,5-8H2,(H,21,23,25). The highest BCUT2D eigenvalue weighted by atomic mass is 35.5. The van der Waals surface area contributed by atoms with E-state index in [0.717, 1.165) is 24.3 Å². The number of hydrogen-bond donors (Lipinski definition) is 2. The summed E-state index contributed by atoms with van der Waals surface area (Å²) in [6, 6.07) is 8.96. The maximum Gasteiger partial charge on any atom is 0.274 e. The topological polar surface area (TPSA) is 70.2 Å². The second-order valence-electron chi connectivity index (χ2n) is 5.96. The quantitative estimate of drug-likeness (QED) is 0.709. The van der Waals surface area contributed by atoms with Gasteiger partial charge in [-0.1, -0.05) is 23.2 Å². The van der Waals surface area contributed by atoms with Crippen molar-refractivity contribution in [3.63, 3.8) is 0 Å². The average molecular weight is 391 g/mol. The van der Waals surface area contributed by atoms with Crippen molar-refractivity contribution in [3.05, 3.63) is 52.3 Å². The van der Waals surface area contributed by atoms with Crippen molar-refractivity contribution in [1.29, 1.82) is 0 Å². The summed E-state index contributed by atoms with van der Waals surface area (Å²) in [5.41, 5.74) is 2.03. The maximum atomic E-state index is 12.5. The summed E-state index contributed by atoms with van der Waals surface area (Å²) in [6.45, 7) is 3.09. The molecule has 1 fully saturated rings. The Kier molecular flexibility index (Phi) is 4.72. The van der Waals surface area contributed by atoms with Crippen molar-refractivity contribution in [1.82, 2.24) is 9.97 Å². The van der Waals surface area contributed by atoms with Gasteiger partial charge in [0.25, 0.3) is 5.91 Å². The van der Waals surface area contributed by atoms with Gasteiger partial charge in [-0.3, -0.25) is 4.79 Å². The lowest BCUT2D eigenvalue weighted by Crippen LogP contribution is -2.36. The number of benzene rings is 1. The Morgan fingerprint density at radius 1 is 1.19 bits per heavy atom. The number of ether oxygens (including phenoxy) is 1. The number of aromatic amines is 1. The van der Waals surface area contributed by atoms with Crippen LogP contribution in [0.3, 0.4) is 0 Å². The lowest BCUT2D eigenvalue weighted by atomic mass is 10.2. The third kappa shape index (κ3) is 3.35. The number of H-pyrrole nitrogens is 1. The number of rotatable bonds is 3. The van der Waals surface area contributed by atoms with Crippen LogP contribution in [-0.4, -0.2) is 42.2 Å². The number of amides is 1. The first kappa shape index (κ1) is 17.1. The highest BCUT2D eigenvalue weighted by Gasteiger charge is 2.18. The summed E-state index contributed by atoms with van der Waals surface area (Å²) in [6.07, 6.45) is 1.74. The van der Waals surface area contributed by atoms with Crippen molar-refractivity contribution in [2.24, 2.45) is 0 Å². The second-order valence-corrected chi connectivity index (χ2v) is 6.77. The van der Waals surface area contributed by atoms with E-state index in [1.807, 2.05) is 6.07 Å². The summed E-state index contributed by atoms with van der Waals surface area (Å²) < 4.78 is 5.35. The lowest BCUT2D eigenvalue weighted by molar-refractivity contribution is 0.102. The Labute approximate surface area is 160 Å². The smallest absolute Gasteiger partial charge is 0.274 e. The van der Waals surface area contributed by atoms with Crippen LogP contribution in [-0.2, 0) is 4.74 Å². The first-order valence-corrected chi connectivity index (χ1v) is 8.94. The van der Waals surface area contributed by atoms with Gasteiger partial charge in [-0.25, -0.2) is 4.98 Å². The van der Waals surface area contributed by atoms with Crippen LogP contribution in [0.4, 0.5) is 11.5 Å². The molecule has 2 aromatic heterocycles. The zero-order valence-corrected chi connectivity index (χ0v) is 15.3. The maximum absolute atomic E-state index is 12.5. The molecule has 1 amide bonds. The van der Waals surface area contributed by atoms with Crippen molar-refractivity contribution in [3.8, 4) is 0 Å². The van der Waals surface area contributed by atoms with E-state index in [1.54, 1.807) is 30.5 Å². The van der Waals surface area contributed by atoms with E-state index in [0.29, 0.717) is 34.5 Å². The van der Waals surface area contributed by atoms with Crippen LogP contribution >= 0.6 is 23.2 Å². The lowest BCUT2D eigenvalue weighted by Gasteiger charge is -2.28. The van der Waals surface area contributed by atoms with Gasteiger partial charge in [0, 0.05) is 29.0 Å². The molecule has 134 valence electrons. The minimum atomic E-state index is -0.353. The van der Waals surface area contributed by atoms with Crippen LogP contribution in [0, 0.1) is 0 Å². The van der Waals surface area contributed by atoms with Gasteiger partial charge in [0.2, 0.25) is 0 Å². The molecule has 0 atom stereocenters. The molecule has 2 N–H and O–H groups in total. The molecule has 0 unspecified atom stereocenters. The van der Waals surface area contributed by atoms with Crippen LogP contribution in [0.15, 0.2) is 36.5 Å². The molecule has 0 bridgehead atoms. The summed E-state index contributed by atoms with van der Waals surface area (Å²) >= 11 is 12.3. The van der Waals surface area contributed by atoms with Gasteiger partial charge in [-0.05, 0) is 30.3 Å². The predicted octanol–water partition coefficient (Wildman–Crippen LogP) is 3.96.